The molecule has 9 heteroatoms. The summed E-state index contributed by atoms with van der Waals surface area (Å²) in [7, 11) is 1.42. The third-order valence-electron chi connectivity index (χ3n) is 4.25. The van der Waals surface area contributed by atoms with Gasteiger partial charge in [0.05, 0.1) is 29.6 Å². The van der Waals surface area contributed by atoms with Gasteiger partial charge in [0.1, 0.15) is 0 Å². The average Bonchev–Trinajstić information content (AvgIpc) is 3.00. The largest absolute Gasteiger partial charge is 0.493 e. The van der Waals surface area contributed by atoms with Gasteiger partial charge in [-0.1, -0.05) is 12.1 Å². The molecule has 1 heterocycles. The first-order valence-corrected chi connectivity index (χ1v) is 8.78. The van der Waals surface area contributed by atoms with E-state index in [0.29, 0.717) is 28.3 Å². The van der Waals surface area contributed by atoms with Crippen molar-refractivity contribution in [3.63, 3.8) is 0 Å². The molecule has 154 valence electrons. The van der Waals surface area contributed by atoms with Gasteiger partial charge in [-0.15, -0.1) is 0 Å². The molecule has 0 aliphatic carbocycles. The lowest BCUT2D eigenvalue weighted by Gasteiger charge is -2.12. The fourth-order valence-corrected chi connectivity index (χ4v) is 2.83. The monoisotopic (exact) mass is 410 g/mol. The van der Waals surface area contributed by atoms with Gasteiger partial charge in [0, 0.05) is 0 Å². The number of aliphatic carboxylic acids is 1. The number of rotatable bonds is 7. The summed E-state index contributed by atoms with van der Waals surface area (Å²) in [6.45, 7) is 1.16. The van der Waals surface area contributed by atoms with Gasteiger partial charge in [-0.25, -0.2) is 9.59 Å². The number of ether oxygens (including phenoxy) is 2. The summed E-state index contributed by atoms with van der Waals surface area (Å²) in [4.78, 5) is 34.7. The van der Waals surface area contributed by atoms with E-state index >= 15 is 0 Å². The molecule has 0 saturated carbocycles. The second kappa shape index (κ2) is 8.48. The molecule has 1 amide bonds. The highest BCUT2D eigenvalue weighted by Gasteiger charge is 2.29. The Hall–Kier alpha value is -4.14. The van der Waals surface area contributed by atoms with E-state index in [9.17, 15) is 14.4 Å². The molecular weight excluding hydrogens is 392 g/mol. The number of anilines is 1. The van der Waals surface area contributed by atoms with E-state index in [0.717, 1.165) is 5.01 Å². The summed E-state index contributed by atoms with van der Waals surface area (Å²) in [5, 5.41) is 23.3. The molecule has 0 fully saturated rings. The van der Waals surface area contributed by atoms with Crippen LogP contribution >= 0.6 is 0 Å². The SMILES string of the molecule is COc1cc(/C=C2\C(=O)N(c3cccc(C(=O)O)c3)N=C2C)ccc1OCC(=O)O. The van der Waals surface area contributed by atoms with Gasteiger partial charge in [-0.2, -0.15) is 10.1 Å². The minimum Gasteiger partial charge on any atom is -0.493 e. The number of benzene rings is 2. The van der Waals surface area contributed by atoms with Crippen molar-refractivity contribution in [2.45, 2.75) is 6.92 Å². The number of carboxylic acids is 2. The number of hydrogen-bond donors (Lipinski definition) is 2. The number of carboxylic acid groups (broad SMARTS) is 2. The van der Waals surface area contributed by atoms with Gasteiger partial charge in [0.25, 0.3) is 5.91 Å². The van der Waals surface area contributed by atoms with Crippen LogP contribution in [0.5, 0.6) is 11.5 Å². The van der Waals surface area contributed by atoms with E-state index < -0.39 is 24.5 Å². The zero-order valence-corrected chi connectivity index (χ0v) is 16.2. The van der Waals surface area contributed by atoms with Crippen molar-refractivity contribution in [1.29, 1.82) is 0 Å². The molecule has 0 unspecified atom stereocenters. The molecule has 9 nitrogen and oxygen atoms in total. The number of methoxy groups -OCH3 is 1. The highest BCUT2D eigenvalue weighted by molar-refractivity contribution is 6.32. The number of hydrazone groups is 1. The van der Waals surface area contributed by atoms with Crippen molar-refractivity contribution < 1.29 is 34.1 Å². The van der Waals surface area contributed by atoms with Crippen LogP contribution in [0.2, 0.25) is 0 Å². The van der Waals surface area contributed by atoms with Crippen LogP contribution in [-0.2, 0) is 9.59 Å². The Kier molecular flexibility index (Phi) is 5.82. The van der Waals surface area contributed by atoms with Crippen molar-refractivity contribution in [3.05, 3.63) is 59.2 Å². The number of carbonyl (C=O) groups excluding carboxylic acids is 1. The number of amides is 1. The first-order chi connectivity index (χ1) is 14.3. The summed E-state index contributed by atoms with van der Waals surface area (Å²) in [6, 6.07) is 10.8. The Morgan fingerprint density at radius 1 is 1.13 bits per heavy atom. The maximum absolute atomic E-state index is 12.9. The van der Waals surface area contributed by atoms with Crippen LogP contribution in [0.3, 0.4) is 0 Å². The molecule has 2 aromatic carbocycles. The minimum atomic E-state index is -1.11. The summed E-state index contributed by atoms with van der Waals surface area (Å²) < 4.78 is 10.4. The number of carbonyl (C=O) groups is 3. The van der Waals surface area contributed by atoms with Crippen LogP contribution in [0.15, 0.2) is 53.1 Å². The van der Waals surface area contributed by atoms with E-state index in [2.05, 4.69) is 5.10 Å². The summed E-state index contributed by atoms with van der Waals surface area (Å²) in [6.07, 6.45) is 1.62. The summed E-state index contributed by atoms with van der Waals surface area (Å²) in [5.74, 6) is -2.04. The lowest BCUT2D eigenvalue weighted by atomic mass is 10.1. The highest BCUT2D eigenvalue weighted by Crippen LogP contribution is 2.30. The molecule has 30 heavy (non-hydrogen) atoms. The van der Waals surface area contributed by atoms with Crippen LogP contribution < -0.4 is 14.5 Å². The smallest absolute Gasteiger partial charge is 0.341 e. The Bertz CT molecular complexity index is 1090. The van der Waals surface area contributed by atoms with Crippen LogP contribution in [-0.4, -0.2) is 47.5 Å². The van der Waals surface area contributed by atoms with Crippen molar-refractivity contribution in [2.75, 3.05) is 18.7 Å². The minimum absolute atomic E-state index is 0.0484. The molecule has 1 aliphatic heterocycles. The van der Waals surface area contributed by atoms with Crippen molar-refractivity contribution in [2.24, 2.45) is 5.10 Å². The van der Waals surface area contributed by atoms with Gasteiger partial charge < -0.3 is 19.7 Å². The Labute approximate surface area is 171 Å². The predicted molar refractivity (Wildman–Crippen MR) is 108 cm³/mol. The van der Waals surface area contributed by atoms with Crippen LogP contribution in [0.25, 0.3) is 6.08 Å². The molecule has 0 atom stereocenters. The number of nitrogens with zero attached hydrogens (tertiary/aromatic N) is 2. The number of hydrogen-bond acceptors (Lipinski definition) is 6. The second-order valence-corrected chi connectivity index (χ2v) is 6.31. The topological polar surface area (TPSA) is 126 Å². The summed E-state index contributed by atoms with van der Waals surface area (Å²) in [5.41, 5.74) is 1.81. The summed E-state index contributed by atoms with van der Waals surface area (Å²) >= 11 is 0. The fraction of sp³-hybridized carbons (Fsp3) is 0.143. The van der Waals surface area contributed by atoms with E-state index in [1.807, 2.05) is 0 Å². The van der Waals surface area contributed by atoms with E-state index in [-0.39, 0.29) is 11.3 Å². The van der Waals surface area contributed by atoms with Crippen LogP contribution in [0.4, 0.5) is 5.69 Å². The molecule has 0 aromatic heterocycles. The second-order valence-electron chi connectivity index (χ2n) is 6.31. The van der Waals surface area contributed by atoms with Crippen molar-refractivity contribution in [1.82, 2.24) is 0 Å². The van der Waals surface area contributed by atoms with E-state index in [1.54, 1.807) is 43.3 Å². The lowest BCUT2D eigenvalue weighted by Crippen LogP contribution is -2.21. The van der Waals surface area contributed by atoms with Gasteiger partial charge in [0.15, 0.2) is 18.1 Å². The van der Waals surface area contributed by atoms with Gasteiger partial charge >= 0.3 is 11.9 Å². The van der Waals surface area contributed by atoms with Gasteiger partial charge in [-0.05, 0) is 48.9 Å². The molecule has 1 aliphatic rings. The molecule has 0 saturated heterocycles. The first kappa shape index (κ1) is 20.6. The Balaban J connectivity index is 1.89. The Morgan fingerprint density at radius 2 is 1.90 bits per heavy atom. The van der Waals surface area contributed by atoms with Gasteiger partial charge in [0.2, 0.25) is 0 Å². The fourth-order valence-electron chi connectivity index (χ4n) is 2.83. The average molecular weight is 410 g/mol. The third kappa shape index (κ3) is 4.30. The number of aromatic carboxylic acids is 1. The molecular formula is C21H18N2O7. The van der Waals surface area contributed by atoms with Crippen LogP contribution in [0, 0.1) is 0 Å². The van der Waals surface area contributed by atoms with E-state index in [4.69, 9.17) is 19.7 Å². The molecule has 0 bridgehead atoms. The zero-order chi connectivity index (χ0) is 21.8. The first-order valence-electron chi connectivity index (χ1n) is 8.78. The lowest BCUT2D eigenvalue weighted by molar-refractivity contribution is -0.139. The van der Waals surface area contributed by atoms with Crippen LogP contribution in [0.1, 0.15) is 22.8 Å². The molecule has 3 rings (SSSR count). The maximum Gasteiger partial charge on any atom is 0.341 e. The molecule has 0 radical (unpaired) electrons. The zero-order valence-electron chi connectivity index (χ0n) is 16.2. The standard InChI is InChI=1S/C21H18N2O7/c1-12-16(8-13-6-7-17(18(9-13)29-2)30-11-19(24)25)20(26)23(22-12)15-5-3-4-14(10-15)21(27)28/h3-10H,11H2,1-2H3,(H,24,25)(H,27,28)/b16-8-. The predicted octanol–water partition coefficient (Wildman–Crippen LogP) is 2.66. The molecule has 0 spiro atoms. The molecule has 2 aromatic rings. The van der Waals surface area contributed by atoms with Gasteiger partial charge in [-0.3, -0.25) is 4.79 Å². The Morgan fingerprint density at radius 3 is 2.57 bits per heavy atom. The molecule has 2 N–H and O–H groups in total. The highest BCUT2D eigenvalue weighted by atomic mass is 16.5. The van der Waals surface area contributed by atoms with Crippen molar-refractivity contribution in [3.8, 4) is 11.5 Å². The van der Waals surface area contributed by atoms with E-state index in [1.165, 1.54) is 19.2 Å². The quantitative estimate of drug-likeness (QED) is 0.672. The maximum atomic E-state index is 12.9. The normalized spacial score (nSPS) is 14.6. The van der Waals surface area contributed by atoms with Crippen molar-refractivity contribution >= 4 is 35.3 Å². The third-order valence-corrected chi connectivity index (χ3v) is 4.25.